The average Bonchev–Trinajstić information content (AvgIpc) is 2.50. The molecule has 0 aromatic heterocycles. The number of rotatable bonds is 3. The first-order valence-corrected chi connectivity index (χ1v) is 5.12. The maximum atomic E-state index is 11.7. The first kappa shape index (κ1) is 10.8. The van der Waals surface area contributed by atoms with Crippen molar-refractivity contribution >= 4 is 17.5 Å². The van der Waals surface area contributed by atoms with Crippen molar-refractivity contribution in [3.63, 3.8) is 0 Å². The summed E-state index contributed by atoms with van der Waals surface area (Å²) in [5.74, 6) is 0.684. The number of carbonyl (C=O) groups excluding carboxylic acids is 1. The van der Waals surface area contributed by atoms with Crippen molar-refractivity contribution in [3.8, 4) is 0 Å². The van der Waals surface area contributed by atoms with E-state index in [1.54, 1.807) is 11.9 Å². The summed E-state index contributed by atoms with van der Waals surface area (Å²) in [7, 11) is 1.79. The van der Waals surface area contributed by atoms with Crippen molar-refractivity contribution in [1.29, 1.82) is 0 Å². The zero-order valence-corrected chi connectivity index (χ0v) is 8.88. The van der Waals surface area contributed by atoms with Gasteiger partial charge in [0.2, 0.25) is 5.91 Å². The molecule has 0 aromatic carbocycles. The molecule has 2 unspecified atom stereocenters. The largest absolute Gasteiger partial charge is 0.378 e. The molecule has 0 aliphatic carbocycles. The number of ether oxygens (including phenoxy) is 1. The fraction of sp³-hybridized carbons (Fsp3) is 0.889. The van der Waals surface area contributed by atoms with Crippen LogP contribution in [0.15, 0.2) is 0 Å². The van der Waals surface area contributed by atoms with E-state index in [1.165, 1.54) is 0 Å². The number of hydrogen-bond donors (Lipinski definition) is 0. The Bertz CT molecular complexity index is 186. The van der Waals surface area contributed by atoms with Gasteiger partial charge in [-0.15, -0.1) is 11.6 Å². The molecule has 1 fully saturated rings. The Morgan fingerprint density at radius 2 is 2.38 bits per heavy atom. The highest BCUT2D eigenvalue weighted by molar-refractivity contribution is 6.18. The van der Waals surface area contributed by atoms with Gasteiger partial charge in [-0.1, -0.05) is 0 Å². The lowest BCUT2D eigenvalue weighted by Gasteiger charge is -2.21. The molecule has 3 nitrogen and oxygen atoms in total. The molecule has 1 aliphatic rings. The second-order valence-corrected chi connectivity index (χ2v) is 3.80. The topological polar surface area (TPSA) is 29.5 Å². The van der Waals surface area contributed by atoms with E-state index in [2.05, 4.69) is 0 Å². The summed E-state index contributed by atoms with van der Waals surface area (Å²) in [4.78, 5) is 13.4. The van der Waals surface area contributed by atoms with E-state index in [0.717, 1.165) is 6.42 Å². The minimum absolute atomic E-state index is 0.0354. The van der Waals surface area contributed by atoms with Crippen LogP contribution in [0.1, 0.15) is 13.3 Å². The van der Waals surface area contributed by atoms with Gasteiger partial charge in [0.25, 0.3) is 0 Å². The Balaban J connectivity index is 2.46. The number of amides is 1. The first-order chi connectivity index (χ1) is 6.16. The summed E-state index contributed by atoms with van der Waals surface area (Å²) in [6.07, 6.45) is 0.900. The van der Waals surface area contributed by atoms with Gasteiger partial charge in [-0.25, -0.2) is 0 Å². The van der Waals surface area contributed by atoms with E-state index in [0.29, 0.717) is 19.0 Å². The molecular weight excluding hydrogens is 190 g/mol. The molecule has 0 aromatic rings. The molecule has 2 atom stereocenters. The van der Waals surface area contributed by atoms with Gasteiger partial charge in [-0.05, 0) is 13.3 Å². The van der Waals surface area contributed by atoms with Crippen molar-refractivity contribution in [2.75, 3.05) is 26.1 Å². The lowest BCUT2D eigenvalue weighted by Crippen LogP contribution is -2.36. The highest BCUT2D eigenvalue weighted by Gasteiger charge is 2.32. The van der Waals surface area contributed by atoms with Crippen LogP contribution in [0.4, 0.5) is 0 Å². The molecule has 76 valence electrons. The summed E-state index contributed by atoms with van der Waals surface area (Å²) >= 11 is 5.56. The fourth-order valence-corrected chi connectivity index (χ4v) is 1.83. The third-order valence-electron chi connectivity index (χ3n) is 2.49. The minimum Gasteiger partial charge on any atom is -0.378 e. The highest BCUT2D eigenvalue weighted by atomic mass is 35.5. The van der Waals surface area contributed by atoms with Crippen LogP contribution in [0.25, 0.3) is 0 Å². The molecule has 4 heteroatoms. The van der Waals surface area contributed by atoms with Crippen LogP contribution >= 0.6 is 11.6 Å². The van der Waals surface area contributed by atoms with Crippen LogP contribution in [0.3, 0.4) is 0 Å². The fourth-order valence-electron chi connectivity index (χ4n) is 1.58. The predicted molar refractivity (Wildman–Crippen MR) is 51.9 cm³/mol. The van der Waals surface area contributed by atoms with Crippen LogP contribution in [-0.4, -0.2) is 43.0 Å². The third kappa shape index (κ3) is 2.58. The lowest BCUT2D eigenvalue weighted by molar-refractivity contribution is -0.135. The van der Waals surface area contributed by atoms with E-state index in [-0.39, 0.29) is 17.9 Å². The normalized spacial score (nSPS) is 27.6. The Labute approximate surface area is 84.0 Å². The molecule has 0 saturated carbocycles. The Morgan fingerprint density at radius 1 is 1.69 bits per heavy atom. The number of carbonyl (C=O) groups is 1. The Morgan fingerprint density at radius 3 is 2.85 bits per heavy atom. The van der Waals surface area contributed by atoms with Gasteiger partial charge in [0.15, 0.2) is 0 Å². The standard InChI is InChI=1S/C9H16ClNO2/c1-7-8(3-6-13-7)9(12)11(2)5-4-10/h7-8H,3-6H2,1-2H3. The number of halogens is 1. The van der Waals surface area contributed by atoms with Crippen LogP contribution in [0, 0.1) is 5.92 Å². The van der Waals surface area contributed by atoms with Gasteiger partial charge in [0.05, 0.1) is 12.0 Å². The molecule has 1 amide bonds. The Hall–Kier alpha value is -0.280. The second kappa shape index (κ2) is 4.82. The molecule has 0 bridgehead atoms. The summed E-state index contributed by atoms with van der Waals surface area (Å²) in [6.45, 7) is 3.26. The number of hydrogen-bond acceptors (Lipinski definition) is 2. The number of nitrogens with zero attached hydrogens (tertiary/aromatic N) is 1. The minimum atomic E-state index is 0.0354. The van der Waals surface area contributed by atoms with E-state index in [4.69, 9.17) is 16.3 Å². The molecule has 0 N–H and O–H groups in total. The van der Waals surface area contributed by atoms with E-state index in [9.17, 15) is 4.79 Å². The van der Waals surface area contributed by atoms with Crippen molar-refractivity contribution in [2.24, 2.45) is 5.92 Å². The maximum Gasteiger partial charge on any atom is 0.228 e. The molecule has 0 radical (unpaired) electrons. The quantitative estimate of drug-likeness (QED) is 0.646. The van der Waals surface area contributed by atoms with Crippen LogP contribution < -0.4 is 0 Å². The summed E-state index contributed by atoms with van der Waals surface area (Å²) in [5.41, 5.74) is 0. The molecule has 1 aliphatic heterocycles. The molecule has 1 rings (SSSR count). The molecule has 13 heavy (non-hydrogen) atoms. The molecular formula is C9H16ClNO2. The van der Waals surface area contributed by atoms with Crippen LogP contribution in [0.2, 0.25) is 0 Å². The van der Waals surface area contributed by atoms with Crippen molar-refractivity contribution < 1.29 is 9.53 Å². The van der Waals surface area contributed by atoms with E-state index >= 15 is 0 Å². The van der Waals surface area contributed by atoms with Gasteiger partial charge in [0.1, 0.15) is 0 Å². The number of alkyl halides is 1. The van der Waals surface area contributed by atoms with E-state index in [1.807, 2.05) is 6.92 Å². The van der Waals surface area contributed by atoms with E-state index < -0.39 is 0 Å². The first-order valence-electron chi connectivity index (χ1n) is 4.59. The summed E-state index contributed by atoms with van der Waals surface area (Å²) in [6, 6.07) is 0. The van der Waals surface area contributed by atoms with Crippen LogP contribution in [-0.2, 0) is 9.53 Å². The maximum absolute atomic E-state index is 11.7. The SMILES string of the molecule is CC1OCCC1C(=O)N(C)CCCl. The highest BCUT2D eigenvalue weighted by Crippen LogP contribution is 2.22. The third-order valence-corrected chi connectivity index (χ3v) is 2.66. The van der Waals surface area contributed by atoms with Gasteiger partial charge >= 0.3 is 0 Å². The van der Waals surface area contributed by atoms with Crippen LogP contribution in [0.5, 0.6) is 0 Å². The second-order valence-electron chi connectivity index (χ2n) is 3.42. The van der Waals surface area contributed by atoms with Gasteiger partial charge < -0.3 is 9.64 Å². The van der Waals surface area contributed by atoms with Gasteiger partial charge in [-0.2, -0.15) is 0 Å². The van der Waals surface area contributed by atoms with Gasteiger partial charge in [0, 0.05) is 26.1 Å². The average molecular weight is 206 g/mol. The Kier molecular flexibility index (Phi) is 4.00. The monoisotopic (exact) mass is 205 g/mol. The van der Waals surface area contributed by atoms with Gasteiger partial charge in [-0.3, -0.25) is 4.79 Å². The van der Waals surface area contributed by atoms with Crippen molar-refractivity contribution in [2.45, 2.75) is 19.4 Å². The molecule has 1 saturated heterocycles. The predicted octanol–water partition coefficient (Wildman–Crippen LogP) is 1.11. The summed E-state index contributed by atoms with van der Waals surface area (Å²) in [5, 5.41) is 0. The molecule has 0 spiro atoms. The molecule has 1 heterocycles. The zero-order chi connectivity index (χ0) is 9.84. The lowest BCUT2D eigenvalue weighted by atomic mass is 10.0. The summed E-state index contributed by atoms with van der Waals surface area (Å²) < 4.78 is 5.33. The van der Waals surface area contributed by atoms with Crippen molar-refractivity contribution in [1.82, 2.24) is 4.90 Å². The smallest absolute Gasteiger partial charge is 0.228 e. The van der Waals surface area contributed by atoms with Crippen molar-refractivity contribution in [3.05, 3.63) is 0 Å². The zero-order valence-electron chi connectivity index (χ0n) is 8.12.